The highest BCUT2D eigenvalue weighted by atomic mass is 16.7. The third-order valence-corrected chi connectivity index (χ3v) is 4.74. The molecular formula is C19H22BNO3. The third kappa shape index (κ3) is 3.10. The van der Waals surface area contributed by atoms with E-state index in [2.05, 4.69) is 5.32 Å². The molecule has 0 spiro atoms. The fourth-order valence-electron chi connectivity index (χ4n) is 2.60. The number of anilines is 1. The molecule has 2 aromatic rings. The van der Waals surface area contributed by atoms with E-state index in [9.17, 15) is 4.79 Å². The highest BCUT2D eigenvalue weighted by molar-refractivity contribution is 6.63. The lowest BCUT2D eigenvalue weighted by Gasteiger charge is -2.32. The molecule has 1 fully saturated rings. The zero-order chi connectivity index (χ0) is 17.4. The summed E-state index contributed by atoms with van der Waals surface area (Å²) in [6, 6.07) is 16.8. The Morgan fingerprint density at radius 3 is 2.04 bits per heavy atom. The first-order valence-electron chi connectivity index (χ1n) is 8.11. The van der Waals surface area contributed by atoms with Crippen LogP contribution in [0.4, 0.5) is 5.69 Å². The average Bonchev–Trinajstić information content (AvgIpc) is 2.76. The van der Waals surface area contributed by atoms with Gasteiger partial charge in [-0.2, -0.15) is 0 Å². The van der Waals surface area contributed by atoms with E-state index in [4.69, 9.17) is 9.31 Å². The first-order valence-corrected chi connectivity index (χ1v) is 8.11. The van der Waals surface area contributed by atoms with Crippen molar-refractivity contribution < 1.29 is 14.1 Å². The van der Waals surface area contributed by atoms with Crippen LogP contribution in [0.25, 0.3) is 0 Å². The van der Waals surface area contributed by atoms with Crippen molar-refractivity contribution in [3.63, 3.8) is 0 Å². The Balaban J connectivity index is 1.88. The van der Waals surface area contributed by atoms with Gasteiger partial charge in [0.15, 0.2) is 0 Å². The Hall–Kier alpha value is -2.11. The van der Waals surface area contributed by atoms with Crippen LogP contribution in [0.2, 0.25) is 0 Å². The lowest BCUT2D eigenvalue weighted by atomic mass is 9.75. The van der Waals surface area contributed by atoms with E-state index < -0.39 is 18.3 Å². The summed E-state index contributed by atoms with van der Waals surface area (Å²) in [6.07, 6.45) is 0. The van der Waals surface area contributed by atoms with Crippen LogP contribution in [0.1, 0.15) is 38.1 Å². The number of benzene rings is 2. The Bertz CT molecular complexity index is 727. The van der Waals surface area contributed by atoms with Gasteiger partial charge in [-0.1, -0.05) is 36.4 Å². The first-order chi connectivity index (χ1) is 11.3. The molecule has 1 aliphatic heterocycles. The summed E-state index contributed by atoms with van der Waals surface area (Å²) in [7, 11) is -0.562. The minimum atomic E-state index is -0.562. The van der Waals surface area contributed by atoms with E-state index in [1.165, 1.54) is 0 Å². The molecule has 1 amide bonds. The van der Waals surface area contributed by atoms with Gasteiger partial charge >= 0.3 is 7.12 Å². The second kappa shape index (κ2) is 6.08. The van der Waals surface area contributed by atoms with Gasteiger partial charge in [0.1, 0.15) is 0 Å². The van der Waals surface area contributed by atoms with Gasteiger partial charge in [0.25, 0.3) is 5.91 Å². The van der Waals surface area contributed by atoms with Crippen molar-refractivity contribution >= 4 is 24.2 Å². The Labute approximate surface area is 143 Å². The molecule has 0 bridgehead atoms. The van der Waals surface area contributed by atoms with Crippen LogP contribution in [0.5, 0.6) is 0 Å². The second-order valence-electron chi connectivity index (χ2n) is 7.00. The molecular weight excluding hydrogens is 301 g/mol. The van der Waals surface area contributed by atoms with E-state index in [1.54, 1.807) is 6.07 Å². The largest absolute Gasteiger partial charge is 0.495 e. The molecule has 5 heteroatoms. The Kier molecular flexibility index (Phi) is 4.24. The van der Waals surface area contributed by atoms with E-state index in [0.717, 1.165) is 11.2 Å². The minimum absolute atomic E-state index is 0.175. The molecule has 0 unspecified atom stereocenters. The average molecular weight is 323 g/mol. The number of hydrogen-bond acceptors (Lipinski definition) is 3. The van der Waals surface area contributed by atoms with Crippen molar-refractivity contribution in [3.8, 4) is 0 Å². The molecule has 1 N–H and O–H groups in total. The van der Waals surface area contributed by atoms with Crippen LogP contribution in [0.3, 0.4) is 0 Å². The zero-order valence-corrected chi connectivity index (χ0v) is 14.5. The molecule has 1 saturated heterocycles. The number of para-hydroxylation sites is 1. The van der Waals surface area contributed by atoms with E-state index in [1.807, 2.05) is 76.2 Å². The molecule has 0 radical (unpaired) electrons. The zero-order valence-electron chi connectivity index (χ0n) is 14.5. The summed E-state index contributed by atoms with van der Waals surface area (Å²) in [5.74, 6) is -0.175. The Morgan fingerprint density at radius 1 is 0.875 bits per heavy atom. The maximum atomic E-state index is 12.7. The van der Waals surface area contributed by atoms with Gasteiger partial charge in [-0.15, -0.1) is 0 Å². The summed E-state index contributed by atoms with van der Waals surface area (Å²) < 4.78 is 12.2. The predicted octanol–water partition coefficient (Wildman–Crippen LogP) is 3.24. The molecule has 2 aromatic carbocycles. The topological polar surface area (TPSA) is 47.6 Å². The van der Waals surface area contributed by atoms with Gasteiger partial charge in [-0.25, -0.2) is 0 Å². The monoisotopic (exact) mass is 323 g/mol. The normalized spacial score (nSPS) is 18.4. The van der Waals surface area contributed by atoms with E-state index >= 15 is 0 Å². The van der Waals surface area contributed by atoms with Crippen LogP contribution >= 0.6 is 0 Å². The SMILES string of the molecule is CC1(C)OB(c2ccccc2C(=O)Nc2ccccc2)OC1(C)C. The molecule has 1 aliphatic rings. The molecule has 24 heavy (non-hydrogen) atoms. The van der Waals surface area contributed by atoms with Crippen LogP contribution in [0, 0.1) is 0 Å². The molecule has 0 aliphatic carbocycles. The van der Waals surface area contributed by atoms with Gasteiger partial charge in [0.2, 0.25) is 0 Å². The van der Waals surface area contributed by atoms with Gasteiger partial charge in [0.05, 0.1) is 11.2 Å². The number of nitrogens with one attached hydrogen (secondary N) is 1. The summed E-state index contributed by atoms with van der Waals surface area (Å²) in [6.45, 7) is 8.00. The molecule has 1 heterocycles. The van der Waals surface area contributed by atoms with Crippen LogP contribution in [-0.2, 0) is 9.31 Å². The lowest BCUT2D eigenvalue weighted by Crippen LogP contribution is -2.41. The number of hydrogen-bond donors (Lipinski definition) is 1. The van der Waals surface area contributed by atoms with E-state index in [-0.39, 0.29) is 5.91 Å². The fourth-order valence-corrected chi connectivity index (χ4v) is 2.60. The summed E-state index contributed by atoms with van der Waals surface area (Å²) in [4.78, 5) is 12.7. The highest BCUT2D eigenvalue weighted by Crippen LogP contribution is 2.36. The van der Waals surface area contributed by atoms with Crippen molar-refractivity contribution in [1.29, 1.82) is 0 Å². The van der Waals surface area contributed by atoms with Gasteiger partial charge in [-0.05, 0) is 51.4 Å². The van der Waals surface area contributed by atoms with Crippen LogP contribution < -0.4 is 10.8 Å². The quantitative estimate of drug-likeness (QED) is 0.882. The molecule has 0 aromatic heterocycles. The molecule has 3 rings (SSSR count). The number of carbonyl (C=O) groups excluding carboxylic acids is 1. The summed E-state index contributed by atoms with van der Waals surface area (Å²) in [5, 5.41) is 2.91. The molecule has 0 atom stereocenters. The Morgan fingerprint density at radius 2 is 1.42 bits per heavy atom. The predicted molar refractivity (Wildman–Crippen MR) is 96.6 cm³/mol. The highest BCUT2D eigenvalue weighted by Gasteiger charge is 2.52. The number of rotatable bonds is 3. The molecule has 0 saturated carbocycles. The van der Waals surface area contributed by atoms with Crippen molar-refractivity contribution in [2.24, 2.45) is 0 Å². The lowest BCUT2D eigenvalue weighted by molar-refractivity contribution is 0.00578. The molecule has 124 valence electrons. The summed E-state index contributed by atoms with van der Waals surface area (Å²) in [5.41, 5.74) is 1.16. The van der Waals surface area contributed by atoms with Gasteiger partial charge in [0, 0.05) is 11.3 Å². The first kappa shape index (κ1) is 16.7. The standard InChI is InChI=1S/C19H22BNO3/c1-18(2)19(3,4)24-20(23-18)16-13-9-8-12-15(16)17(22)21-14-10-6-5-7-11-14/h5-13H,1-4H3,(H,21,22). The fraction of sp³-hybridized carbons (Fsp3) is 0.316. The maximum Gasteiger partial charge on any atom is 0.495 e. The van der Waals surface area contributed by atoms with Crippen LogP contribution in [-0.4, -0.2) is 24.2 Å². The van der Waals surface area contributed by atoms with Crippen molar-refractivity contribution in [1.82, 2.24) is 0 Å². The van der Waals surface area contributed by atoms with Gasteiger partial charge < -0.3 is 14.6 Å². The van der Waals surface area contributed by atoms with Gasteiger partial charge in [-0.3, -0.25) is 4.79 Å². The van der Waals surface area contributed by atoms with Crippen molar-refractivity contribution in [2.75, 3.05) is 5.32 Å². The van der Waals surface area contributed by atoms with Crippen LogP contribution in [0.15, 0.2) is 54.6 Å². The third-order valence-electron chi connectivity index (χ3n) is 4.74. The molecule has 4 nitrogen and oxygen atoms in total. The summed E-state index contributed by atoms with van der Waals surface area (Å²) >= 11 is 0. The maximum absolute atomic E-state index is 12.7. The second-order valence-corrected chi connectivity index (χ2v) is 7.00. The number of carbonyl (C=O) groups is 1. The smallest absolute Gasteiger partial charge is 0.399 e. The van der Waals surface area contributed by atoms with E-state index in [0.29, 0.717) is 5.56 Å². The minimum Gasteiger partial charge on any atom is -0.399 e. The van der Waals surface area contributed by atoms with Crippen molar-refractivity contribution in [3.05, 3.63) is 60.2 Å². The van der Waals surface area contributed by atoms with Crippen molar-refractivity contribution in [2.45, 2.75) is 38.9 Å². The number of amides is 1.